The van der Waals surface area contributed by atoms with E-state index >= 15 is 0 Å². The largest absolute Gasteiger partial charge is 0.456 e. The monoisotopic (exact) mass is 812 g/mol. The first kappa shape index (κ1) is 35.2. The van der Waals surface area contributed by atoms with E-state index in [1.165, 1.54) is 87.2 Å². The summed E-state index contributed by atoms with van der Waals surface area (Å²) < 4.78 is 13.4. The highest BCUT2D eigenvalue weighted by molar-refractivity contribution is 6.27. The van der Waals surface area contributed by atoms with Crippen molar-refractivity contribution in [3.8, 4) is 44.5 Å². The third kappa shape index (κ3) is 5.02. The molecule has 0 atom stereocenters. The minimum atomic E-state index is 0.874. The van der Waals surface area contributed by atoms with Crippen molar-refractivity contribution in [2.45, 2.75) is 0 Å². The molecule has 2 aromatic heterocycles. The average Bonchev–Trinajstić information content (AvgIpc) is 3.93. The van der Waals surface area contributed by atoms with Crippen molar-refractivity contribution in [3.05, 3.63) is 218 Å². The number of benzene rings is 12. The molecule has 12 aromatic carbocycles. The molecule has 2 nitrogen and oxygen atoms in total. The molecule has 0 fully saturated rings. The van der Waals surface area contributed by atoms with Crippen LogP contribution in [0.5, 0.6) is 0 Å². The average molecular weight is 813 g/mol. The van der Waals surface area contributed by atoms with Crippen molar-refractivity contribution in [1.29, 1.82) is 0 Å². The summed E-state index contributed by atoms with van der Waals surface area (Å²) in [4.78, 5) is 0. The Morgan fingerprint density at radius 3 is 1.25 bits per heavy atom. The van der Waals surface area contributed by atoms with Crippen molar-refractivity contribution in [2.75, 3.05) is 0 Å². The second-order valence-electron chi connectivity index (χ2n) is 17.0. The number of fused-ring (bicyclic) bond motifs is 12. The fourth-order valence-electron chi connectivity index (χ4n) is 10.9. The van der Waals surface area contributed by atoms with Crippen molar-refractivity contribution in [3.63, 3.8) is 0 Å². The van der Waals surface area contributed by atoms with Gasteiger partial charge in [0.15, 0.2) is 0 Å². The summed E-state index contributed by atoms with van der Waals surface area (Å²) in [6.45, 7) is 0. The minimum absolute atomic E-state index is 0.874. The Morgan fingerprint density at radius 1 is 0.234 bits per heavy atom. The summed E-state index contributed by atoms with van der Waals surface area (Å²) in [6.07, 6.45) is 0. The van der Waals surface area contributed by atoms with Gasteiger partial charge in [-0.25, -0.2) is 0 Å². The van der Waals surface area contributed by atoms with Gasteiger partial charge in [-0.2, -0.15) is 0 Å². The van der Waals surface area contributed by atoms with Gasteiger partial charge in [-0.3, -0.25) is 0 Å². The maximum absolute atomic E-state index is 7.00. The lowest BCUT2D eigenvalue weighted by atomic mass is 9.85. The van der Waals surface area contributed by atoms with Crippen LogP contribution < -0.4 is 0 Å². The normalized spacial score (nSPS) is 12.1. The number of hydrogen-bond acceptors (Lipinski definition) is 2. The molecule has 0 amide bonds. The van der Waals surface area contributed by atoms with E-state index < -0.39 is 0 Å². The Labute approximate surface area is 367 Å². The molecular weight excluding hydrogens is 777 g/mol. The van der Waals surface area contributed by atoms with Gasteiger partial charge in [0.25, 0.3) is 0 Å². The van der Waals surface area contributed by atoms with E-state index in [0.717, 1.165) is 55.0 Å². The first-order valence-corrected chi connectivity index (χ1v) is 22.0. The van der Waals surface area contributed by atoms with E-state index in [4.69, 9.17) is 8.83 Å². The van der Waals surface area contributed by atoms with E-state index in [2.05, 4.69) is 218 Å². The van der Waals surface area contributed by atoms with Gasteiger partial charge in [-0.05, 0) is 118 Å². The second-order valence-corrected chi connectivity index (χ2v) is 17.0. The van der Waals surface area contributed by atoms with Gasteiger partial charge < -0.3 is 8.83 Å². The molecule has 0 spiro atoms. The van der Waals surface area contributed by atoms with E-state index in [0.29, 0.717) is 0 Å². The number of para-hydroxylation sites is 1. The van der Waals surface area contributed by atoms with Crippen molar-refractivity contribution in [2.24, 2.45) is 0 Å². The highest BCUT2D eigenvalue weighted by Gasteiger charge is 2.23. The summed E-state index contributed by atoms with van der Waals surface area (Å²) in [7, 11) is 0. The standard InChI is InChI=1S/C62H36O2/c1-2-16-38(17-3-1)57-42-19-6-8-21-44(42)58(45-22-9-7-20-43(45)57)39-30-32-54-52(35-39)50-27-14-28-51(62(50)64-54)60-48-25-12-10-23-46(48)59(47-24-11-13-26-49(47)60)40-31-33-55-53(36-40)61-41-18-5-4-15-37(41)29-34-56(61)63-55/h1-36H. The van der Waals surface area contributed by atoms with E-state index in [-0.39, 0.29) is 0 Å². The van der Waals surface area contributed by atoms with E-state index in [1.54, 1.807) is 0 Å². The Kier molecular flexibility index (Phi) is 7.43. The van der Waals surface area contributed by atoms with Crippen LogP contribution in [0.25, 0.3) is 142 Å². The first-order valence-electron chi connectivity index (χ1n) is 22.0. The molecule has 0 aliphatic carbocycles. The molecule has 0 bridgehead atoms. The lowest BCUT2D eigenvalue weighted by Crippen LogP contribution is -1.91. The fourth-order valence-corrected chi connectivity index (χ4v) is 10.9. The molecule has 64 heavy (non-hydrogen) atoms. The molecule has 2 heterocycles. The predicted octanol–water partition coefficient (Wildman–Crippen LogP) is 17.9. The van der Waals surface area contributed by atoms with Crippen LogP contribution in [-0.2, 0) is 0 Å². The second kappa shape index (κ2) is 13.5. The lowest BCUT2D eigenvalue weighted by molar-refractivity contribution is 0.669. The summed E-state index contributed by atoms with van der Waals surface area (Å²) in [5, 5.41) is 16.6. The van der Waals surface area contributed by atoms with E-state index in [9.17, 15) is 0 Å². The van der Waals surface area contributed by atoms with E-state index in [1.807, 2.05) is 0 Å². The molecule has 14 aromatic rings. The Bertz CT molecular complexity index is 4130. The topological polar surface area (TPSA) is 26.3 Å². The predicted molar refractivity (Wildman–Crippen MR) is 270 cm³/mol. The van der Waals surface area contributed by atoms with Gasteiger partial charge in [-0.1, -0.05) is 188 Å². The molecule has 14 rings (SSSR count). The van der Waals surface area contributed by atoms with Crippen molar-refractivity contribution < 1.29 is 8.83 Å². The van der Waals surface area contributed by atoms with Crippen LogP contribution in [0.1, 0.15) is 0 Å². The smallest absolute Gasteiger partial charge is 0.143 e. The van der Waals surface area contributed by atoms with Crippen LogP contribution in [0, 0.1) is 0 Å². The van der Waals surface area contributed by atoms with Gasteiger partial charge in [0.05, 0.1) is 0 Å². The molecule has 0 aliphatic rings. The summed E-state index contributed by atoms with van der Waals surface area (Å²) in [6, 6.07) is 79.2. The Hall–Kier alpha value is -8.46. The zero-order valence-corrected chi connectivity index (χ0v) is 34.6. The fraction of sp³-hybridized carbons (Fsp3) is 0. The van der Waals surface area contributed by atoms with Crippen molar-refractivity contribution in [1.82, 2.24) is 0 Å². The highest BCUT2D eigenvalue weighted by Crippen LogP contribution is 2.49. The molecule has 0 saturated carbocycles. The summed E-state index contributed by atoms with van der Waals surface area (Å²) in [5.41, 5.74) is 13.1. The van der Waals surface area contributed by atoms with Crippen LogP contribution in [0.3, 0.4) is 0 Å². The number of furan rings is 2. The summed E-state index contributed by atoms with van der Waals surface area (Å²) in [5.74, 6) is 0. The molecule has 296 valence electrons. The summed E-state index contributed by atoms with van der Waals surface area (Å²) >= 11 is 0. The van der Waals surface area contributed by atoms with Gasteiger partial charge in [0.1, 0.15) is 22.3 Å². The molecule has 0 N–H and O–H groups in total. The van der Waals surface area contributed by atoms with Gasteiger partial charge >= 0.3 is 0 Å². The van der Waals surface area contributed by atoms with Gasteiger partial charge in [0, 0.05) is 32.7 Å². The quantitative estimate of drug-likeness (QED) is 0.166. The molecular formula is C62H36O2. The molecule has 2 heteroatoms. The SMILES string of the molecule is c1ccc(-c2c3ccccc3c(-c3ccc4oc5c(-c6c7ccccc7c(-c7ccc8oc9ccc%10ccccc%10c9c8c7)c7ccccc67)cccc5c4c3)c3ccccc23)cc1. The zero-order chi connectivity index (χ0) is 41.9. The van der Waals surface area contributed by atoms with Crippen LogP contribution in [-0.4, -0.2) is 0 Å². The van der Waals surface area contributed by atoms with Crippen LogP contribution in [0.4, 0.5) is 0 Å². The Morgan fingerprint density at radius 2 is 0.672 bits per heavy atom. The van der Waals surface area contributed by atoms with Gasteiger partial charge in [0.2, 0.25) is 0 Å². The Balaban J connectivity index is 0.994. The van der Waals surface area contributed by atoms with Crippen molar-refractivity contribution >= 4 is 97.7 Å². The molecule has 0 aliphatic heterocycles. The zero-order valence-electron chi connectivity index (χ0n) is 34.6. The minimum Gasteiger partial charge on any atom is -0.456 e. The third-order valence-corrected chi connectivity index (χ3v) is 13.6. The van der Waals surface area contributed by atoms with Crippen LogP contribution >= 0.6 is 0 Å². The highest BCUT2D eigenvalue weighted by atomic mass is 16.3. The van der Waals surface area contributed by atoms with Crippen LogP contribution in [0.15, 0.2) is 227 Å². The molecule has 0 saturated heterocycles. The number of rotatable bonds is 4. The third-order valence-electron chi connectivity index (χ3n) is 13.6. The lowest BCUT2D eigenvalue weighted by Gasteiger charge is -2.18. The van der Waals surface area contributed by atoms with Crippen LogP contribution in [0.2, 0.25) is 0 Å². The first-order chi connectivity index (χ1) is 31.8. The molecule has 0 radical (unpaired) electrons. The molecule has 0 unspecified atom stereocenters. The maximum Gasteiger partial charge on any atom is 0.143 e. The maximum atomic E-state index is 7.00. The number of hydrogen-bond donors (Lipinski definition) is 0. The van der Waals surface area contributed by atoms with Gasteiger partial charge in [-0.15, -0.1) is 0 Å².